The molecule has 6 heteroatoms. The Hall–Kier alpha value is -2.47. The fraction of sp³-hybridized carbons (Fsp3) is 0.125. The largest absolute Gasteiger partial charge is 0.493 e. The van der Waals surface area contributed by atoms with Crippen LogP contribution in [0.1, 0.15) is 0 Å². The number of thiol groups is 1. The number of nitrogens with zero attached hydrogens (tertiary/aromatic N) is 2. The van der Waals surface area contributed by atoms with Crippen LogP contribution in [-0.2, 0) is 0 Å². The predicted octanol–water partition coefficient (Wildman–Crippen LogP) is 3.62. The molecule has 112 valence electrons. The van der Waals surface area contributed by atoms with Crippen molar-refractivity contribution in [3.63, 3.8) is 0 Å². The molecule has 3 rings (SSSR count). The topological polar surface area (TPSA) is 53.4 Å². The third-order valence-electron chi connectivity index (χ3n) is 3.46. The van der Waals surface area contributed by atoms with E-state index in [1.165, 1.54) is 4.57 Å². The van der Waals surface area contributed by atoms with Crippen LogP contribution in [0.5, 0.6) is 11.5 Å². The second kappa shape index (κ2) is 5.73. The maximum Gasteiger partial charge on any atom is 0.288 e. The Balaban J connectivity index is 2.24. The highest BCUT2D eigenvalue weighted by molar-refractivity contribution is 7.96. The highest BCUT2D eigenvalue weighted by Gasteiger charge is 2.15. The molecule has 1 aromatic carbocycles. The molecule has 0 N–H and O–H groups in total. The van der Waals surface area contributed by atoms with E-state index in [0.29, 0.717) is 17.1 Å². The van der Waals surface area contributed by atoms with Crippen LogP contribution >= 0.6 is 12.6 Å². The summed E-state index contributed by atoms with van der Waals surface area (Å²) in [5.41, 5.74) is 2.36. The number of carbonyl (C=O) groups excluding carboxylic acids is 1. The van der Waals surface area contributed by atoms with Gasteiger partial charge in [-0.2, -0.15) is 0 Å². The molecule has 0 atom stereocenters. The molecule has 0 saturated carbocycles. The Morgan fingerprint density at radius 3 is 2.64 bits per heavy atom. The zero-order chi connectivity index (χ0) is 15.7. The van der Waals surface area contributed by atoms with E-state index in [0.717, 1.165) is 16.5 Å². The van der Waals surface area contributed by atoms with Gasteiger partial charge < -0.3 is 9.47 Å². The van der Waals surface area contributed by atoms with Crippen molar-refractivity contribution in [1.82, 2.24) is 9.55 Å². The summed E-state index contributed by atoms with van der Waals surface area (Å²) in [6.45, 7) is 0. The lowest BCUT2D eigenvalue weighted by atomic mass is 10.1. The second-order valence-corrected chi connectivity index (χ2v) is 5.02. The van der Waals surface area contributed by atoms with Crippen LogP contribution < -0.4 is 9.47 Å². The molecule has 0 radical (unpaired) electrons. The number of hydrogen-bond acceptors (Lipinski definition) is 4. The minimum atomic E-state index is -0.379. The highest BCUT2D eigenvalue weighted by atomic mass is 32.1. The van der Waals surface area contributed by atoms with E-state index in [9.17, 15) is 4.79 Å². The minimum absolute atomic E-state index is 0.379. The quantitative estimate of drug-likeness (QED) is 0.750. The van der Waals surface area contributed by atoms with Crippen molar-refractivity contribution in [3.05, 3.63) is 42.7 Å². The number of ether oxygens (including phenoxy) is 2. The Labute approximate surface area is 132 Å². The molecular formula is C16H14N2O3S. The molecule has 0 aliphatic rings. The summed E-state index contributed by atoms with van der Waals surface area (Å²) in [7, 11) is 3.18. The van der Waals surface area contributed by atoms with E-state index in [1.54, 1.807) is 26.6 Å². The number of fused-ring (bicyclic) bond motifs is 1. The average Bonchev–Trinajstić information content (AvgIpc) is 2.94. The molecule has 0 fully saturated rings. The Kier molecular flexibility index (Phi) is 3.77. The summed E-state index contributed by atoms with van der Waals surface area (Å²) in [5, 5.41) is 0.493. The lowest BCUT2D eigenvalue weighted by molar-refractivity contribution is 0.263. The molecule has 0 bridgehead atoms. The molecule has 0 aliphatic heterocycles. The van der Waals surface area contributed by atoms with Gasteiger partial charge in [0.15, 0.2) is 11.5 Å². The first-order valence-corrected chi connectivity index (χ1v) is 7.02. The van der Waals surface area contributed by atoms with Crippen LogP contribution in [0.3, 0.4) is 0 Å². The van der Waals surface area contributed by atoms with Gasteiger partial charge in [0.1, 0.15) is 5.65 Å². The van der Waals surface area contributed by atoms with Gasteiger partial charge in [0.05, 0.1) is 14.2 Å². The standard InChI is InChI=1S/C16H14N2O3S/c1-20-13-6-5-10(8-14(13)21-2)12-9-18(16(19)22)15-11(12)4-3-7-17-15/h3-9H,1-2H3,(H,19,22). The van der Waals surface area contributed by atoms with Crippen LogP contribution in [0.25, 0.3) is 22.2 Å². The van der Waals surface area contributed by atoms with E-state index in [1.807, 2.05) is 30.3 Å². The fourth-order valence-corrected chi connectivity index (χ4v) is 2.59. The smallest absolute Gasteiger partial charge is 0.288 e. The van der Waals surface area contributed by atoms with Gasteiger partial charge in [-0.1, -0.05) is 18.7 Å². The Morgan fingerprint density at radius 1 is 1.18 bits per heavy atom. The Bertz CT molecular complexity index is 858. The number of rotatable bonds is 3. The molecule has 22 heavy (non-hydrogen) atoms. The van der Waals surface area contributed by atoms with Crippen molar-refractivity contribution in [2.24, 2.45) is 0 Å². The summed E-state index contributed by atoms with van der Waals surface area (Å²) < 4.78 is 12.0. The number of aromatic nitrogens is 2. The van der Waals surface area contributed by atoms with Gasteiger partial charge in [0.2, 0.25) is 0 Å². The fourth-order valence-electron chi connectivity index (χ4n) is 2.44. The number of hydrogen-bond donors (Lipinski definition) is 1. The first-order chi connectivity index (χ1) is 10.7. The van der Waals surface area contributed by atoms with Crippen molar-refractivity contribution in [3.8, 4) is 22.6 Å². The van der Waals surface area contributed by atoms with Gasteiger partial charge in [-0.05, 0) is 29.8 Å². The Morgan fingerprint density at radius 2 is 1.95 bits per heavy atom. The molecular weight excluding hydrogens is 300 g/mol. The maximum absolute atomic E-state index is 11.7. The SMILES string of the molecule is COc1ccc(-c2cn(C(=O)S)c3ncccc23)cc1OC. The zero-order valence-corrected chi connectivity index (χ0v) is 13.0. The summed E-state index contributed by atoms with van der Waals surface area (Å²) in [6, 6.07) is 9.36. The van der Waals surface area contributed by atoms with Crippen LogP contribution in [0.2, 0.25) is 0 Å². The first-order valence-electron chi connectivity index (χ1n) is 6.57. The van der Waals surface area contributed by atoms with Gasteiger partial charge in [-0.15, -0.1) is 0 Å². The van der Waals surface area contributed by atoms with Crippen molar-refractivity contribution in [2.75, 3.05) is 14.2 Å². The van der Waals surface area contributed by atoms with Gasteiger partial charge >= 0.3 is 0 Å². The molecule has 0 unspecified atom stereocenters. The number of pyridine rings is 1. The third kappa shape index (κ3) is 2.31. The lowest BCUT2D eigenvalue weighted by Crippen LogP contribution is -2.00. The predicted molar refractivity (Wildman–Crippen MR) is 88.1 cm³/mol. The minimum Gasteiger partial charge on any atom is -0.493 e. The van der Waals surface area contributed by atoms with Crippen molar-refractivity contribution < 1.29 is 14.3 Å². The summed E-state index contributed by atoms with van der Waals surface area (Å²) in [6.07, 6.45) is 3.38. The summed E-state index contributed by atoms with van der Waals surface area (Å²) in [5.74, 6) is 1.28. The van der Waals surface area contributed by atoms with E-state index >= 15 is 0 Å². The van der Waals surface area contributed by atoms with Crippen LogP contribution in [0.4, 0.5) is 4.79 Å². The third-order valence-corrected chi connectivity index (χ3v) is 3.68. The zero-order valence-electron chi connectivity index (χ0n) is 12.1. The maximum atomic E-state index is 11.7. The molecule has 3 aromatic rings. The van der Waals surface area contributed by atoms with E-state index in [4.69, 9.17) is 9.47 Å². The van der Waals surface area contributed by atoms with E-state index in [2.05, 4.69) is 17.6 Å². The van der Waals surface area contributed by atoms with Crippen molar-refractivity contribution in [2.45, 2.75) is 0 Å². The normalized spacial score (nSPS) is 10.7. The van der Waals surface area contributed by atoms with Crippen molar-refractivity contribution >= 4 is 28.9 Å². The highest BCUT2D eigenvalue weighted by Crippen LogP contribution is 2.35. The average molecular weight is 314 g/mol. The van der Waals surface area contributed by atoms with Gasteiger partial charge in [0, 0.05) is 23.3 Å². The van der Waals surface area contributed by atoms with Crippen LogP contribution in [-0.4, -0.2) is 29.0 Å². The van der Waals surface area contributed by atoms with E-state index < -0.39 is 0 Å². The lowest BCUT2D eigenvalue weighted by Gasteiger charge is -2.09. The molecule has 0 aliphatic carbocycles. The molecule has 0 spiro atoms. The first kappa shape index (κ1) is 14.5. The van der Waals surface area contributed by atoms with E-state index in [-0.39, 0.29) is 5.24 Å². The molecule has 5 nitrogen and oxygen atoms in total. The second-order valence-electron chi connectivity index (χ2n) is 4.64. The van der Waals surface area contributed by atoms with Crippen LogP contribution in [0, 0.1) is 0 Å². The van der Waals surface area contributed by atoms with Gasteiger partial charge in [-0.3, -0.25) is 9.36 Å². The molecule has 2 aromatic heterocycles. The molecule has 0 saturated heterocycles. The monoisotopic (exact) mass is 314 g/mol. The summed E-state index contributed by atoms with van der Waals surface area (Å²) in [4.78, 5) is 15.9. The van der Waals surface area contributed by atoms with Gasteiger partial charge in [-0.25, -0.2) is 4.98 Å². The number of benzene rings is 1. The van der Waals surface area contributed by atoms with Gasteiger partial charge in [0.25, 0.3) is 5.24 Å². The number of carbonyl (C=O) groups is 1. The summed E-state index contributed by atoms with van der Waals surface area (Å²) >= 11 is 3.90. The molecule has 2 heterocycles. The number of methoxy groups -OCH3 is 2. The van der Waals surface area contributed by atoms with Crippen molar-refractivity contribution in [1.29, 1.82) is 0 Å². The van der Waals surface area contributed by atoms with Crippen LogP contribution in [0.15, 0.2) is 42.7 Å². The molecule has 0 amide bonds.